The first-order chi connectivity index (χ1) is 6.44. The molecule has 1 atom stereocenters. The molecule has 0 saturated carbocycles. The highest BCUT2D eigenvalue weighted by Crippen LogP contribution is 2.17. The van der Waals surface area contributed by atoms with Crippen LogP contribution in [-0.4, -0.2) is 29.5 Å². The molecule has 1 unspecified atom stereocenters. The van der Waals surface area contributed by atoms with E-state index >= 15 is 0 Å². The highest BCUT2D eigenvalue weighted by Gasteiger charge is 2.27. The Bertz CT molecular complexity index is 183. The fourth-order valence-corrected chi connectivity index (χ4v) is 1.07. The molecular formula is C10H20ClNO2. The fourth-order valence-electron chi connectivity index (χ4n) is 0.949. The van der Waals surface area contributed by atoms with E-state index in [0.29, 0.717) is 12.3 Å². The number of hydrogen-bond donors (Lipinski definition) is 2. The summed E-state index contributed by atoms with van der Waals surface area (Å²) >= 11 is 5.68. The molecule has 3 nitrogen and oxygen atoms in total. The Labute approximate surface area is 90.8 Å². The molecule has 0 radical (unpaired) electrons. The van der Waals surface area contributed by atoms with Crippen molar-refractivity contribution in [2.75, 3.05) is 12.5 Å². The molecule has 0 aromatic heterocycles. The Morgan fingerprint density at radius 2 is 2.14 bits per heavy atom. The Kier molecular flexibility index (Phi) is 6.12. The maximum absolute atomic E-state index is 11.6. The van der Waals surface area contributed by atoms with E-state index in [2.05, 4.69) is 5.32 Å². The summed E-state index contributed by atoms with van der Waals surface area (Å²) in [6.07, 6.45) is 1.50. The van der Waals surface area contributed by atoms with Gasteiger partial charge in [0.15, 0.2) is 0 Å². The van der Waals surface area contributed by atoms with Crippen LogP contribution in [0.2, 0.25) is 0 Å². The zero-order valence-corrected chi connectivity index (χ0v) is 9.90. The van der Waals surface area contributed by atoms with Crippen molar-refractivity contribution in [2.45, 2.75) is 39.7 Å². The molecular weight excluding hydrogens is 202 g/mol. The first kappa shape index (κ1) is 13.7. The molecule has 4 heteroatoms. The molecule has 14 heavy (non-hydrogen) atoms. The van der Waals surface area contributed by atoms with Gasteiger partial charge in [0, 0.05) is 18.5 Å². The van der Waals surface area contributed by atoms with Gasteiger partial charge in [0.1, 0.15) is 0 Å². The lowest BCUT2D eigenvalue weighted by Crippen LogP contribution is -2.42. The third-order valence-corrected chi connectivity index (χ3v) is 2.79. The van der Waals surface area contributed by atoms with Crippen LogP contribution < -0.4 is 5.32 Å². The molecule has 0 aromatic rings. The van der Waals surface area contributed by atoms with Crippen LogP contribution in [0.3, 0.4) is 0 Å². The number of amides is 1. The van der Waals surface area contributed by atoms with Crippen molar-refractivity contribution in [2.24, 2.45) is 5.41 Å². The zero-order chi connectivity index (χ0) is 11.2. The van der Waals surface area contributed by atoms with E-state index in [9.17, 15) is 4.79 Å². The van der Waals surface area contributed by atoms with Crippen LogP contribution in [-0.2, 0) is 4.79 Å². The van der Waals surface area contributed by atoms with Crippen LogP contribution >= 0.6 is 11.6 Å². The third kappa shape index (κ3) is 4.82. The maximum Gasteiger partial charge on any atom is 0.227 e. The van der Waals surface area contributed by atoms with E-state index in [1.165, 1.54) is 0 Å². The minimum absolute atomic E-state index is 0.0297. The molecule has 1 amide bonds. The van der Waals surface area contributed by atoms with E-state index in [0.717, 1.165) is 6.42 Å². The van der Waals surface area contributed by atoms with Gasteiger partial charge in [-0.2, -0.15) is 0 Å². The van der Waals surface area contributed by atoms with Crippen molar-refractivity contribution >= 4 is 17.5 Å². The van der Waals surface area contributed by atoms with Crippen LogP contribution in [0, 0.1) is 5.41 Å². The summed E-state index contributed by atoms with van der Waals surface area (Å²) < 4.78 is 0. The highest BCUT2D eigenvalue weighted by atomic mass is 35.5. The van der Waals surface area contributed by atoms with Gasteiger partial charge in [0.05, 0.1) is 5.41 Å². The molecule has 0 fully saturated rings. The molecule has 2 N–H and O–H groups in total. The van der Waals surface area contributed by atoms with Crippen LogP contribution in [0.1, 0.15) is 33.6 Å². The van der Waals surface area contributed by atoms with E-state index in [1.807, 2.05) is 20.8 Å². The average Bonchev–Trinajstić information content (AvgIpc) is 2.14. The quantitative estimate of drug-likeness (QED) is 0.669. The highest BCUT2D eigenvalue weighted by molar-refractivity contribution is 6.19. The molecule has 0 aliphatic rings. The minimum Gasteiger partial charge on any atom is -0.396 e. The standard InChI is InChI=1S/C10H20ClNO2/c1-8(5-4-6-13)12-9(14)10(2,3)7-11/h8,13H,4-7H2,1-3H3,(H,12,14). The van der Waals surface area contributed by atoms with Crippen molar-refractivity contribution in [3.63, 3.8) is 0 Å². The summed E-state index contributed by atoms with van der Waals surface area (Å²) in [5, 5.41) is 11.5. The molecule has 84 valence electrons. The van der Waals surface area contributed by atoms with Gasteiger partial charge >= 0.3 is 0 Å². The summed E-state index contributed by atoms with van der Waals surface area (Å²) in [5.41, 5.74) is -0.519. The Morgan fingerprint density at radius 3 is 2.57 bits per heavy atom. The van der Waals surface area contributed by atoms with E-state index in [1.54, 1.807) is 0 Å². The number of aliphatic hydroxyl groups is 1. The Balaban J connectivity index is 3.93. The number of nitrogens with one attached hydrogen (secondary N) is 1. The molecule has 0 heterocycles. The van der Waals surface area contributed by atoms with Gasteiger partial charge in [-0.3, -0.25) is 4.79 Å². The predicted octanol–water partition coefficient (Wildman–Crippen LogP) is 1.53. The molecule has 0 bridgehead atoms. The number of aliphatic hydroxyl groups excluding tert-OH is 1. The van der Waals surface area contributed by atoms with Crippen LogP contribution in [0.25, 0.3) is 0 Å². The summed E-state index contributed by atoms with van der Waals surface area (Å²) in [7, 11) is 0. The van der Waals surface area contributed by atoms with Crippen molar-refractivity contribution < 1.29 is 9.90 Å². The lowest BCUT2D eigenvalue weighted by atomic mass is 9.94. The van der Waals surface area contributed by atoms with E-state index in [-0.39, 0.29) is 18.6 Å². The van der Waals surface area contributed by atoms with Crippen molar-refractivity contribution in [1.29, 1.82) is 0 Å². The second kappa shape index (κ2) is 6.25. The largest absolute Gasteiger partial charge is 0.396 e. The van der Waals surface area contributed by atoms with Gasteiger partial charge in [0.25, 0.3) is 0 Å². The lowest BCUT2D eigenvalue weighted by molar-refractivity contribution is -0.129. The average molecular weight is 222 g/mol. The first-order valence-corrected chi connectivity index (χ1v) is 5.45. The number of alkyl halides is 1. The fraction of sp³-hybridized carbons (Fsp3) is 0.900. The van der Waals surface area contributed by atoms with Gasteiger partial charge in [-0.1, -0.05) is 0 Å². The molecule has 0 aliphatic carbocycles. The molecule has 0 aromatic carbocycles. The normalized spacial score (nSPS) is 13.8. The summed E-state index contributed by atoms with van der Waals surface area (Å²) in [4.78, 5) is 11.6. The first-order valence-electron chi connectivity index (χ1n) is 4.92. The predicted molar refractivity (Wildman–Crippen MR) is 58.4 cm³/mol. The SMILES string of the molecule is CC(CCCO)NC(=O)C(C)(C)CCl. The number of carbonyl (C=O) groups is 1. The molecule has 0 spiro atoms. The lowest BCUT2D eigenvalue weighted by Gasteiger charge is -2.23. The smallest absolute Gasteiger partial charge is 0.227 e. The summed E-state index contributed by atoms with van der Waals surface area (Å²) in [6.45, 7) is 5.72. The van der Waals surface area contributed by atoms with E-state index < -0.39 is 5.41 Å². The number of hydrogen-bond acceptors (Lipinski definition) is 2. The van der Waals surface area contributed by atoms with Gasteiger partial charge in [-0.25, -0.2) is 0 Å². The van der Waals surface area contributed by atoms with E-state index in [4.69, 9.17) is 16.7 Å². The van der Waals surface area contributed by atoms with Gasteiger partial charge in [-0.05, 0) is 33.6 Å². The Hall–Kier alpha value is -0.280. The van der Waals surface area contributed by atoms with Crippen molar-refractivity contribution in [1.82, 2.24) is 5.32 Å². The summed E-state index contributed by atoms with van der Waals surface area (Å²) in [5.74, 6) is 0.281. The van der Waals surface area contributed by atoms with Crippen molar-refractivity contribution in [3.8, 4) is 0 Å². The number of carbonyl (C=O) groups excluding carboxylic acids is 1. The Morgan fingerprint density at radius 1 is 1.57 bits per heavy atom. The topological polar surface area (TPSA) is 49.3 Å². The zero-order valence-electron chi connectivity index (χ0n) is 9.14. The van der Waals surface area contributed by atoms with Gasteiger partial charge in [-0.15, -0.1) is 11.6 Å². The second-order valence-corrected chi connectivity index (χ2v) is 4.53. The monoisotopic (exact) mass is 221 g/mol. The maximum atomic E-state index is 11.6. The minimum atomic E-state index is -0.519. The third-order valence-electron chi connectivity index (χ3n) is 2.12. The van der Waals surface area contributed by atoms with Gasteiger partial charge < -0.3 is 10.4 Å². The molecule has 0 saturated heterocycles. The van der Waals surface area contributed by atoms with Crippen molar-refractivity contribution in [3.05, 3.63) is 0 Å². The summed E-state index contributed by atoms with van der Waals surface area (Å²) in [6, 6.07) is 0.0946. The van der Waals surface area contributed by atoms with Crippen LogP contribution in [0.5, 0.6) is 0 Å². The number of halogens is 1. The van der Waals surface area contributed by atoms with Gasteiger partial charge in [0.2, 0.25) is 5.91 Å². The van der Waals surface area contributed by atoms with Crippen LogP contribution in [0.4, 0.5) is 0 Å². The number of rotatable bonds is 6. The van der Waals surface area contributed by atoms with Crippen LogP contribution in [0.15, 0.2) is 0 Å². The molecule has 0 aliphatic heterocycles. The molecule has 0 rings (SSSR count). The second-order valence-electron chi connectivity index (χ2n) is 4.26.